The molecule has 4 heterocycles. The van der Waals surface area contributed by atoms with Crippen LogP contribution in [0.1, 0.15) is 145 Å². The number of rotatable bonds is 24. The lowest BCUT2D eigenvalue weighted by Gasteiger charge is -2.38. The number of benzene rings is 6. The first kappa shape index (κ1) is 106. The molecule has 0 spiro atoms. The standard InChI is InChI=1S/C100H122F3N13O20S/c1-9-10-26-80-100(136)116-53-67(119)50-81(116)86(122)48-63(49-89(125)126)85(121)51-69(57(4)5)96(132)113(7)82(45-58-20-13-11-14-21-58)95(131)110-77(43-61-30-34-66(118)35-31-61)98(134)115-38-19-27-79(115)94(130)109-75(47-64-52-105-72-25-18-17-24-68(64)72)93(129)108-74(42-60-28-32-65(117)33-29-60)92(128)107-73(39-56(2)3)91(127)111-78(84(120)36-37-87(104)123)54-137-55-88(124)106-76(44-62-40-70(101)90(103)71(102)41-62)97(133)114(8)83(99(135)112(80)6)46-59-22-15-12-16-23-59/h11-18,20-25,28-35,40-41,52,56-57,63,67,69,73-83,105,117-119H,9-10,19,26-27,36-39,42-51,53-55H2,1-8H3,(H2,104,123)(H,106,124)(H,107,128)(H,108,129)(H,109,130)(H,110,131)(H,111,127)(H,125,126)/t63-,67+,69-,73-,74-,75-,76-,77-,78-,79+,80-,81+,82-,83-/m0/s1. The van der Waals surface area contributed by atoms with E-state index in [2.05, 4.69) is 36.9 Å². The fourth-order valence-electron chi connectivity index (χ4n) is 17.7. The van der Waals surface area contributed by atoms with Crippen LogP contribution in [-0.4, -0.2) is 262 Å². The Bertz CT molecular complexity index is 5480. The number of nitrogens with zero attached hydrogens (tertiary/aromatic N) is 5. The number of carboxylic acid groups (broad SMARTS) is 1. The number of primary amides is 1. The number of phenolic OH excluding ortho intramolecular Hbond substituents is 2. The van der Waals surface area contributed by atoms with Crippen molar-refractivity contribution in [3.05, 3.63) is 203 Å². The fraction of sp³-hybridized carbons (Fsp3) is 0.460. The van der Waals surface area contributed by atoms with Crippen LogP contribution in [0, 0.1) is 41.1 Å². The molecule has 14 atom stereocenters. The van der Waals surface area contributed by atoms with E-state index in [0.29, 0.717) is 69.0 Å². The minimum atomic E-state index is -1.88. The van der Waals surface area contributed by atoms with E-state index in [4.69, 9.17) is 5.73 Å². The summed E-state index contributed by atoms with van der Waals surface area (Å²) >= 11 is 0.709. The Kier molecular flexibility index (Phi) is 38.2. The summed E-state index contributed by atoms with van der Waals surface area (Å²) in [5.41, 5.74) is 8.05. The number of hydrogen-bond donors (Lipinski definition) is 12. The first-order chi connectivity index (χ1) is 65.2. The van der Waals surface area contributed by atoms with Crippen LogP contribution in [0.3, 0.4) is 0 Å². The van der Waals surface area contributed by atoms with Crippen molar-refractivity contribution in [2.75, 3.05) is 45.7 Å². The highest BCUT2D eigenvalue weighted by atomic mass is 32.2. The number of carbonyl (C=O) groups excluding carboxylic acids is 15. The van der Waals surface area contributed by atoms with Gasteiger partial charge < -0.3 is 87.5 Å². The first-order valence-electron chi connectivity index (χ1n) is 46.1. The van der Waals surface area contributed by atoms with Gasteiger partial charge in [-0.2, -0.15) is 0 Å². The lowest BCUT2D eigenvalue weighted by Crippen LogP contribution is -2.60. The van der Waals surface area contributed by atoms with Gasteiger partial charge in [-0.05, 0) is 113 Å². The van der Waals surface area contributed by atoms with E-state index in [1.54, 1.807) is 126 Å². The number of ketones is 3. The normalized spacial score (nSPS) is 23.9. The Balaban J connectivity index is 1.06. The third-order valence-corrected chi connectivity index (χ3v) is 26.4. The maximum atomic E-state index is 15.8. The zero-order chi connectivity index (χ0) is 99.8. The van der Waals surface area contributed by atoms with Crippen LogP contribution in [0.25, 0.3) is 10.9 Å². The van der Waals surface area contributed by atoms with Crippen LogP contribution >= 0.6 is 11.8 Å². The minimum Gasteiger partial charge on any atom is -0.508 e. The number of thioether (sulfide) groups is 1. The molecule has 33 nitrogen and oxygen atoms in total. The highest BCUT2D eigenvalue weighted by molar-refractivity contribution is 8.00. The number of para-hydroxylation sites is 1. The van der Waals surface area contributed by atoms with Crippen LogP contribution in [0.4, 0.5) is 13.2 Å². The number of aliphatic hydroxyl groups is 1. The summed E-state index contributed by atoms with van der Waals surface area (Å²) < 4.78 is 45.2. The number of nitrogens with one attached hydrogen (secondary N) is 7. The smallest absolute Gasteiger partial charge is 0.304 e. The van der Waals surface area contributed by atoms with E-state index in [0.717, 1.165) is 19.6 Å². The van der Waals surface area contributed by atoms with E-state index in [1.165, 1.54) is 74.6 Å². The van der Waals surface area contributed by atoms with Gasteiger partial charge >= 0.3 is 5.97 Å². The number of carboxylic acids is 1. The fourth-order valence-corrected chi connectivity index (χ4v) is 18.6. The largest absolute Gasteiger partial charge is 0.508 e. The number of amides is 12. The van der Waals surface area contributed by atoms with Crippen molar-refractivity contribution in [1.82, 2.24) is 61.4 Å². The van der Waals surface area contributed by atoms with Crippen molar-refractivity contribution in [1.29, 1.82) is 0 Å². The molecule has 3 aliphatic rings. The third-order valence-electron chi connectivity index (χ3n) is 25.4. The number of phenols is 2. The average molecular weight is 1920 g/mol. The number of aliphatic carboxylic acids is 1. The molecule has 37 heteroatoms. The third kappa shape index (κ3) is 29.1. The van der Waals surface area contributed by atoms with Crippen LogP contribution in [-0.2, 0) is 115 Å². The molecule has 0 bridgehead atoms. The van der Waals surface area contributed by atoms with Gasteiger partial charge in [0.05, 0.1) is 30.4 Å². The van der Waals surface area contributed by atoms with Gasteiger partial charge in [0.25, 0.3) is 0 Å². The summed E-state index contributed by atoms with van der Waals surface area (Å²) in [5.74, 6) is -25.9. The van der Waals surface area contributed by atoms with E-state index in [9.17, 15) is 44.0 Å². The molecule has 3 aliphatic heterocycles. The summed E-state index contributed by atoms with van der Waals surface area (Å²) in [5, 5.41) is 60.1. The van der Waals surface area contributed by atoms with E-state index in [1.807, 2.05) is 0 Å². The van der Waals surface area contributed by atoms with Gasteiger partial charge in [-0.15, -0.1) is 11.8 Å². The maximum absolute atomic E-state index is 15.8. The molecule has 0 radical (unpaired) electrons. The Hall–Kier alpha value is -13.3. The molecule has 3 saturated heterocycles. The zero-order valence-corrected chi connectivity index (χ0v) is 78.7. The predicted octanol–water partition coefficient (Wildman–Crippen LogP) is 6.19. The number of aliphatic hydroxyl groups excluding tert-OH is 1. The van der Waals surface area contributed by atoms with Gasteiger partial charge in [0.1, 0.15) is 71.7 Å². The summed E-state index contributed by atoms with van der Waals surface area (Å²) in [6.45, 7) is 7.88. The monoisotopic (exact) mass is 1910 g/mol. The number of halogens is 3. The molecule has 6 aromatic carbocycles. The summed E-state index contributed by atoms with van der Waals surface area (Å²) in [7, 11) is 3.77. The maximum Gasteiger partial charge on any atom is 0.304 e. The topological polar surface area (TPSA) is 484 Å². The number of unbranched alkanes of at least 4 members (excludes halogenated alkanes) is 1. The minimum absolute atomic E-state index is 0.00800. The molecule has 10 rings (SSSR count). The van der Waals surface area contributed by atoms with E-state index < -0.39 is 271 Å². The number of aromatic amines is 1. The molecule has 137 heavy (non-hydrogen) atoms. The van der Waals surface area contributed by atoms with Crippen molar-refractivity contribution in [2.45, 2.75) is 223 Å². The second-order valence-electron chi connectivity index (χ2n) is 36.4. The summed E-state index contributed by atoms with van der Waals surface area (Å²) in [4.78, 5) is 249. The first-order valence-corrected chi connectivity index (χ1v) is 47.2. The average Bonchev–Trinajstić information content (AvgIpc) is 1.75. The SMILES string of the molecule is CCCC[C@H]1C(=O)N2C[C@H](O)C[C@@H]2C(=O)C[C@@H](CC(=O)O)C(=O)C[C@@H](C(C)C)C(=O)N(C)[C@@H](Cc2ccccc2)C(=O)N[C@@H](Cc2ccc(O)cc2)C(=O)N2CCC[C@@H]2C(=O)N[C@@H](Cc2c[nH]c3ccccc23)C(=O)N[C@@H](Cc2ccc(O)cc2)C(=O)N[C@@H](CC(C)C)C(=O)N[C@H](C(=O)CCC(N)=O)CSCC(=O)N[C@@H](Cc2cc(F)c(F)c(F)c2)C(=O)N(C)[C@@H](Cc2ccccc2)C(=O)N1C. The molecule has 7 aromatic rings. The van der Waals surface area contributed by atoms with Crippen LogP contribution < -0.4 is 37.6 Å². The Morgan fingerprint density at radius 3 is 1.64 bits per heavy atom. The van der Waals surface area contributed by atoms with Gasteiger partial charge in [-0.1, -0.05) is 151 Å². The number of aromatic hydroxyl groups is 2. The van der Waals surface area contributed by atoms with Crippen LogP contribution in [0.5, 0.6) is 11.5 Å². The van der Waals surface area contributed by atoms with E-state index >= 15 is 66.3 Å². The number of likely N-dealkylation sites (N-methyl/N-ethyl adjacent to an activating group) is 3. The summed E-state index contributed by atoms with van der Waals surface area (Å²) in [6, 6.07) is 18.9. The molecule has 0 saturated carbocycles. The predicted molar refractivity (Wildman–Crippen MR) is 501 cm³/mol. The molecule has 1 aromatic heterocycles. The number of hydrogen-bond acceptors (Lipinski definition) is 20. The molecule has 3 fully saturated rings. The summed E-state index contributed by atoms with van der Waals surface area (Å²) in [6.07, 6.45) is -5.26. The Morgan fingerprint density at radius 1 is 0.526 bits per heavy atom. The van der Waals surface area contributed by atoms with E-state index in [-0.39, 0.29) is 87.8 Å². The lowest BCUT2D eigenvalue weighted by molar-refractivity contribution is -0.152. The van der Waals surface area contributed by atoms with Gasteiger partial charge in [0.2, 0.25) is 70.9 Å². The Labute approximate surface area is 796 Å². The molecule has 0 aliphatic carbocycles. The zero-order valence-electron chi connectivity index (χ0n) is 77.9. The number of Topliss-reactive ketones (excluding diaryl/α,β-unsaturated/α-hetero) is 3. The molecule has 12 amide bonds. The molecule has 0 unspecified atom stereocenters. The lowest BCUT2D eigenvalue weighted by atomic mass is 9.82. The molecule has 734 valence electrons. The number of H-pyrrole nitrogens is 1. The quantitative estimate of drug-likeness (QED) is 0.0300. The highest BCUT2D eigenvalue weighted by Crippen LogP contribution is 2.32. The second kappa shape index (κ2) is 49.4. The Morgan fingerprint density at radius 2 is 1.05 bits per heavy atom. The second-order valence-corrected chi connectivity index (χ2v) is 37.4. The van der Waals surface area contributed by atoms with Crippen molar-refractivity contribution in [3.63, 3.8) is 0 Å². The van der Waals surface area contributed by atoms with Crippen LogP contribution in [0.2, 0.25) is 0 Å². The molecular formula is C100H122F3N13O20S. The van der Waals surface area contributed by atoms with Gasteiger partial charge in [-0.25, -0.2) is 13.2 Å². The van der Waals surface area contributed by atoms with Gasteiger partial charge in [-0.3, -0.25) is 76.7 Å². The molecular weight excluding hydrogens is 1790 g/mol. The van der Waals surface area contributed by atoms with Crippen molar-refractivity contribution >= 4 is 117 Å². The van der Waals surface area contributed by atoms with Crippen molar-refractivity contribution in [2.24, 2.45) is 29.4 Å². The van der Waals surface area contributed by atoms with Gasteiger partial charge in [0.15, 0.2) is 29.0 Å². The highest BCUT2D eigenvalue weighted by Gasteiger charge is 2.48. The number of nitrogens with two attached hydrogens (primary N) is 1. The number of fused-ring (bicyclic) bond motifs is 3. The van der Waals surface area contributed by atoms with Crippen molar-refractivity contribution < 1.29 is 110 Å². The van der Waals surface area contributed by atoms with Gasteiger partial charge in [0, 0.05) is 140 Å². The van der Waals surface area contributed by atoms with Crippen molar-refractivity contribution in [3.8, 4) is 11.5 Å². The van der Waals surface area contributed by atoms with Crippen LogP contribution in [0.15, 0.2) is 152 Å². The number of carbonyl (C=O) groups is 16. The number of aromatic nitrogens is 1. The molecule has 13 N–H and O–H groups in total.